The van der Waals surface area contributed by atoms with Gasteiger partial charge in [-0.15, -0.1) is 0 Å². The molecule has 0 radical (unpaired) electrons. The molecule has 0 N–H and O–H groups in total. The molecule has 1 fully saturated rings. The predicted molar refractivity (Wildman–Crippen MR) is 133 cm³/mol. The molecule has 36 heavy (non-hydrogen) atoms. The largest absolute Gasteiger partial charge is 0.489 e. The second-order valence-corrected chi connectivity index (χ2v) is 8.63. The van der Waals surface area contributed by atoms with E-state index in [9.17, 15) is 9.59 Å². The van der Waals surface area contributed by atoms with Crippen LogP contribution in [0.25, 0.3) is 11.4 Å². The molecular formula is C28H26N4O4. The Bertz CT molecular complexity index is 1290. The second kappa shape index (κ2) is 11.0. The first-order valence-corrected chi connectivity index (χ1v) is 11.8. The van der Waals surface area contributed by atoms with Gasteiger partial charge in [-0.2, -0.15) is 4.98 Å². The van der Waals surface area contributed by atoms with E-state index in [4.69, 9.17) is 9.26 Å². The van der Waals surface area contributed by atoms with E-state index in [-0.39, 0.29) is 31.4 Å². The molecule has 182 valence electrons. The quantitative estimate of drug-likeness (QED) is 0.336. The van der Waals surface area contributed by atoms with E-state index >= 15 is 0 Å². The lowest BCUT2D eigenvalue weighted by atomic mass is 10.1. The number of carbonyl (C=O) groups is 2. The minimum absolute atomic E-state index is 0.131. The van der Waals surface area contributed by atoms with Crippen LogP contribution in [0.2, 0.25) is 0 Å². The highest BCUT2D eigenvalue weighted by Gasteiger charge is 2.31. The fourth-order valence-corrected chi connectivity index (χ4v) is 4.06. The first-order valence-electron chi connectivity index (χ1n) is 11.8. The third kappa shape index (κ3) is 5.84. The van der Waals surface area contributed by atoms with E-state index in [2.05, 4.69) is 10.1 Å². The van der Waals surface area contributed by atoms with Crippen molar-refractivity contribution >= 4 is 11.8 Å². The number of nitrogens with zero attached hydrogens (tertiary/aromatic N) is 4. The number of hydrogen-bond donors (Lipinski definition) is 0. The zero-order valence-electron chi connectivity index (χ0n) is 19.7. The zero-order valence-corrected chi connectivity index (χ0v) is 19.7. The number of carbonyl (C=O) groups excluding carboxylic acids is 2. The summed E-state index contributed by atoms with van der Waals surface area (Å²) >= 11 is 0. The van der Waals surface area contributed by atoms with Crippen LogP contribution in [0, 0.1) is 0 Å². The fraction of sp³-hybridized carbons (Fsp3) is 0.214. The number of imide groups is 1. The lowest BCUT2D eigenvalue weighted by Gasteiger charge is -2.31. The minimum Gasteiger partial charge on any atom is -0.489 e. The van der Waals surface area contributed by atoms with Crippen molar-refractivity contribution < 1.29 is 18.8 Å². The molecule has 8 heteroatoms. The summed E-state index contributed by atoms with van der Waals surface area (Å²) in [4.78, 5) is 32.7. The van der Waals surface area contributed by atoms with Crippen LogP contribution >= 0.6 is 0 Å². The Morgan fingerprint density at radius 2 is 1.44 bits per heavy atom. The number of piperazine rings is 1. The van der Waals surface area contributed by atoms with E-state index in [0.29, 0.717) is 31.3 Å². The van der Waals surface area contributed by atoms with Crippen molar-refractivity contribution in [3.05, 3.63) is 102 Å². The third-order valence-electron chi connectivity index (χ3n) is 5.97. The summed E-state index contributed by atoms with van der Waals surface area (Å²) in [5, 5.41) is 4.06. The third-order valence-corrected chi connectivity index (χ3v) is 5.97. The summed E-state index contributed by atoms with van der Waals surface area (Å²) in [7, 11) is 0. The first-order chi connectivity index (χ1) is 17.6. The summed E-state index contributed by atoms with van der Waals surface area (Å²) in [6.45, 7) is 1.36. The van der Waals surface area contributed by atoms with E-state index in [0.717, 1.165) is 22.4 Å². The van der Waals surface area contributed by atoms with Crippen molar-refractivity contribution in [2.45, 2.75) is 19.6 Å². The first kappa shape index (κ1) is 23.4. The molecule has 4 aromatic rings. The monoisotopic (exact) mass is 482 g/mol. The number of benzene rings is 3. The van der Waals surface area contributed by atoms with Crippen molar-refractivity contribution in [3.8, 4) is 17.1 Å². The number of aromatic nitrogens is 2. The molecule has 3 aromatic carbocycles. The smallest absolute Gasteiger partial charge is 0.243 e. The Hall–Kier alpha value is -4.30. The molecule has 0 aliphatic carbocycles. The minimum atomic E-state index is -0.215. The highest BCUT2D eigenvalue weighted by Crippen LogP contribution is 2.21. The Morgan fingerprint density at radius 1 is 0.806 bits per heavy atom. The molecule has 0 atom stereocenters. The molecule has 0 saturated carbocycles. The van der Waals surface area contributed by atoms with Gasteiger partial charge in [-0.3, -0.25) is 19.4 Å². The van der Waals surface area contributed by atoms with Gasteiger partial charge in [-0.25, -0.2) is 0 Å². The SMILES string of the molecule is O=C1CN(Cc2nc(-c3ccc(OCc4ccccc4)cc3)no2)CC(=O)N1CCc1ccccc1. The number of ether oxygens (including phenoxy) is 1. The number of amides is 2. The zero-order chi connectivity index (χ0) is 24.7. The van der Waals surface area contributed by atoms with Crippen molar-refractivity contribution in [1.82, 2.24) is 19.9 Å². The van der Waals surface area contributed by atoms with E-state index in [1.54, 1.807) is 4.90 Å². The topological polar surface area (TPSA) is 88.8 Å². The van der Waals surface area contributed by atoms with Crippen molar-refractivity contribution in [1.29, 1.82) is 0 Å². The summed E-state index contributed by atoms with van der Waals surface area (Å²) < 4.78 is 11.2. The van der Waals surface area contributed by atoms with Crippen molar-refractivity contribution in [2.24, 2.45) is 0 Å². The van der Waals surface area contributed by atoms with Gasteiger partial charge in [-0.1, -0.05) is 65.8 Å². The molecule has 2 heterocycles. The Balaban J connectivity index is 1.14. The molecule has 0 spiro atoms. The molecule has 1 aromatic heterocycles. The van der Waals surface area contributed by atoms with Gasteiger partial charge < -0.3 is 9.26 Å². The molecule has 1 aliphatic rings. The van der Waals surface area contributed by atoms with Crippen molar-refractivity contribution in [2.75, 3.05) is 19.6 Å². The maximum absolute atomic E-state index is 12.6. The lowest BCUT2D eigenvalue weighted by Crippen LogP contribution is -2.54. The maximum atomic E-state index is 12.6. The van der Waals surface area contributed by atoms with Crippen LogP contribution < -0.4 is 4.74 Å². The van der Waals surface area contributed by atoms with Crippen LogP contribution in [0.1, 0.15) is 17.0 Å². The maximum Gasteiger partial charge on any atom is 0.243 e. The summed E-state index contributed by atoms with van der Waals surface area (Å²) in [5.74, 6) is 1.11. The van der Waals surface area contributed by atoms with Crippen LogP contribution in [0.5, 0.6) is 5.75 Å². The Labute approximate surface area is 209 Å². The molecule has 8 nitrogen and oxygen atoms in total. The molecular weight excluding hydrogens is 456 g/mol. The normalized spacial score (nSPS) is 14.3. The van der Waals surface area contributed by atoms with Crippen LogP contribution in [-0.2, 0) is 29.2 Å². The summed E-state index contributed by atoms with van der Waals surface area (Å²) in [6, 6.07) is 27.2. The van der Waals surface area contributed by atoms with Crippen LogP contribution in [0.3, 0.4) is 0 Å². The van der Waals surface area contributed by atoms with Gasteiger partial charge >= 0.3 is 0 Å². The van der Waals surface area contributed by atoms with Crippen LogP contribution in [0.4, 0.5) is 0 Å². The average molecular weight is 483 g/mol. The highest BCUT2D eigenvalue weighted by atomic mass is 16.5. The van der Waals surface area contributed by atoms with Crippen molar-refractivity contribution in [3.63, 3.8) is 0 Å². The predicted octanol–water partition coefficient (Wildman–Crippen LogP) is 3.73. The number of hydrogen-bond acceptors (Lipinski definition) is 7. The lowest BCUT2D eigenvalue weighted by molar-refractivity contribution is -0.151. The second-order valence-electron chi connectivity index (χ2n) is 8.63. The summed E-state index contributed by atoms with van der Waals surface area (Å²) in [5.41, 5.74) is 2.98. The molecule has 2 amide bonds. The standard InChI is InChI=1S/C28H26N4O4/c33-26-18-31(19-27(34)32(26)16-15-21-7-3-1-4-8-21)17-25-29-28(30-36-25)23-11-13-24(14-12-23)35-20-22-9-5-2-6-10-22/h1-14H,15-20H2. The average Bonchev–Trinajstić information content (AvgIpc) is 3.37. The fourth-order valence-electron chi connectivity index (χ4n) is 4.06. The molecule has 1 aliphatic heterocycles. The van der Waals surface area contributed by atoms with Gasteiger partial charge in [0.05, 0.1) is 19.6 Å². The summed E-state index contributed by atoms with van der Waals surface area (Å²) in [6.07, 6.45) is 0.640. The van der Waals surface area contributed by atoms with Gasteiger partial charge in [0, 0.05) is 12.1 Å². The van der Waals surface area contributed by atoms with Crippen LogP contribution in [-0.4, -0.2) is 51.4 Å². The van der Waals surface area contributed by atoms with Gasteiger partial charge in [0.25, 0.3) is 0 Å². The molecule has 0 unspecified atom stereocenters. The molecule has 5 rings (SSSR count). The van der Waals surface area contributed by atoms with E-state index in [1.807, 2.05) is 84.9 Å². The van der Waals surface area contributed by atoms with Gasteiger partial charge in [0.2, 0.25) is 23.5 Å². The van der Waals surface area contributed by atoms with Gasteiger partial charge in [0.1, 0.15) is 12.4 Å². The van der Waals surface area contributed by atoms with E-state index in [1.165, 1.54) is 4.90 Å². The van der Waals surface area contributed by atoms with E-state index < -0.39 is 0 Å². The highest BCUT2D eigenvalue weighted by molar-refractivity contribution is 5.99. The van der Waals surface area contributed by atoms with Gasteiger partial charge in [0.15, 0.2) is 0 Å². The van der Waals surface area contributed by atoms with Crippen LogP contribution in [0.15, 0.2) is 89.5 Å². The Kier molecular flexibility index (Phi) is 7.14. The number of rotatable bonds is 9. The molecule has 1 saturated heterocycles. The van der Waals surface area contributed by atoms with Gasteiger partial charge in [-0.05, 0) is 41.8 Å². The Morgan fingerprint density at radius 3 is 2.11 bits per heavy atom. The molecule has 0 bridgehead atoms.